The van der Waals surface area contributed by atoms with E-state index in [9.17, 15) is 4.79 Å². The van der Waals surface area contributed by atoms with Crippen molar-refractivity contribution in [3.05, 3.63) is 30.3 Å². The van der Waals surface area contributed by atoms with Gasteiger partial charge in [0.05, 0.1) is 0 Å². The number of amides is 1. The van der Waals surface area contributed by atoms with Crippen molar-refractivity contribution in [1.82, 2.24) is 5.32 Å². The minimum Gasteiger partial charge on any atom is -0.316 e. The van der Waals surface area contributed by atoms with E-state index < -0.39 is 0 Å². The van der Waals surface area contributed by atoms with Gasteiger partial charge >= 0.3 is 0 Å². The number of hydrogen-bond acceptors (Lipinski definition) is 2. The standard InChI is InChI=1S/C16H22N2O/c1-12(14-9-17-10-14)16(19)18(11-13-7-8-13)15-5-3-2-4-6-15/h2-6,12-14,17H,7-11H2,1H3. The quantitative estimate of drug-likeness (QED) is 0.879. The molecule has 1 unspecified atom stereocenters. The predicted octanol–water partition coefficient (Wildman–Crippen LogP) is 2.29. The first-order valence-electron chi connectivity index (χ1n) is 7.33. The van der Waals surface area contributed by atoms with Gasteiger partial charge in [0.15, 0.2) is 0 Å². The van der Waals surface area contributed by atoms with E-state index in [4.69, 9.17) is 0 Å². The summed E-state index contributed by atoms with van der Waals surface area (Å²) >= 11 is 0. The fraction of sp³-hybridized carbons (Fsp3) is 0.562. The van der Waals surface area contributed by atoms with Crippen LogP contribution in [0.2, 0.25) is 0 Å². The SMILES string of the molecule is CC(C(=O)N(CC1CC1)c1ccccc1)C1CNC1. The highest BCUT2D eigenvalue weighted by molar-refractivity contribution is 5.95. The van der Waals surface area contributed by atoms with Crippen LogP contribution >= 0.6 is 0 Å². The third-order valence-electron chi connectivity index (χ3n) is 4.38. The second-order valence-electron chi connectivity index (χ2n) is 5.93. The first-order valence-corrected chi connectivity index (χ1v) is 7.33. The van der Waals surface area contributed by atoms with Gasteiger partial charge in [-0.05, 0) is 49.9 Å². The van der Waals surface area contributed by atoms with Gasteiger partial charge in [-0.25, -0.2) is 0 Å². The molecule has 1 amide bonds. The molecule has 1 heterocycles. The topological polar surface area (TPSA) is 32.3 Å². The Balaban J connectivity index is 1.75. The molecule has 0 aromatic heterocycles. The number of carbonyl (C=O) groups is 1. The summed E-state index contributed by atoms with van der Waals surface area (Å²) in [6.07, 6.45) is 2.55. The van der Waals surface area contributed by atoms with Crippen molar-refractivity contribution in [3.8, 4) is 0 Å². The van der Waals surface area contributed by atoms with Crippen molar-refractivity contribution < 1.29 is 4.79 Å². The number of carbonyl (C=O) groups excluding carboxylic acids is 1. The van der Waals surface area contributed by atoms with Gasteiger partial charge in [-0.3, -0.25) is 4.79 Å². The third-order valence-corrected chi connectivity index (χ3v) is 4.38. The molecule has 1 atom stereocenters. The van der Waals surface area contributed by atoms with Crippen LogP contribution in [-0.2, 0) is 4.79 Å². The molecule has 3 rings (SSSR count). The molecule has 102 valence electrons. The molecule has 1 saturated carbocycles. The van der Waals surface area contributed by atoms with E-state index >= 15 is 0 Å². The molecule has 0 bridgehead atoms. The van der Waals surface area contributed by atoms with Gasteiger partial charge in [0.25, 0.3) is 0 Å². The number of rotatable bonds is 5. The Bertz CT molecular complexity index is 437. The van der Waals surface area contributed by atoms with E-state index in [0.717, 1.165) is 31.2 Å². The Hall–Kier alpha value is -1.35. The van der Waals surface area contributed by atoms with Gasteiger partial charge in [-0.15, -0.1) is 0 Å². The average molecular weight is 258 g/mol. The summed E-state index contributed by atoms with van der Waals surface area (Å²) < 4.78 is 0. The van der Waals surface area contributed by atoms with Crippen molar-refractivity contribution >= 4 is 11.6 Å². The lowest BCUT2D eigenvalue weighted by molar-refractivity contribution is -0.124. The largest absolute Gasteiger partial charge is 0.316 e. The number of benzene rings is 1. The van der Waals surface area contributed by atoms with E-state index in [2.05, 4.69) is 12.2 Å². The van der Waals surface area contributed by atoms with Crippen LogP contribution < -0.4 is 10.2 Å². The maximum Gasteiger partial charge on any atom is 0.230 e. The lowest BCUT2D eigenvalue weighted by Crippen LogP contribution is -2.50. The molecular weight excluding hydrogens is 236 g/mol. The second kappa shape index (κ2) is 5.33. The van der Waals surface area contributed by atoms with E-state index in [1.165, 1.54) is 12.8 Å². The zero-order valence-electron chi connectivity index (χ0n) is 11.5. The van der Waals surface area contributed by atoms with Gasteiger partial charge in [-0.2, -0.15) is 0 Å². The summed E-state index contributed by atoms with van der Waals surface area (Å²) in [4.78, 5) is 14.8. The summed E-state index contributed by atoms with van der Waals surface area (Å²) in [6, 6.07) is 10.1. The molecule has 0 radical (unpaired) electrons. The average Bonchev–Trinajstić information content (AvgIpc) is 3.18. The Morgan fingerprint density at radius 3 is 2.53 bits per heavy atom. The zero-order valence-corrected chi connectivity index (χ0v) is 11.5. The monoisotopic (exact) mass is 258 g/mol. The van der Waals surface area contributed by atoms with Gasteiger partial charge in [0.2, 0.25) is 5.91 Å². The highest BCUT2D eigenvalue weighted by Crippen LogP contribution is 2.32. The summed E-state index contributed by atoms with van der Waals surface area (Å²) in [5.41, 5.74) is 1.05. The molecule has 0 spiro atoms. The van der Waals surface area contributed by atoms with Crippen LogP contribution in [-0.4, -0.2) is 25.5 Å². The van der Waals surface area contributed by atoms with Gasteiger partial charge in [0, 0.05) is 18.2 Å². The fourth-order valence-electron chi connectivity index (χ4n) is 2.60. The van der Waals surface area contributed by atoms with Gasteiger partial charge in [-0.1, -0.05) is 25.1 Å². The Labute approximate surface area is 115 Å². The molecule has 1 aromatic rings. The molecule has 2 fully saturated rings. The van der Waals surface area contributed by atoms with Crippen LogP contribution in [0, 0.1) is 17.8 Å². The summed E-state index contributed by atoms with van der Waals surface area (Å²) in [6.45, 7) is 4.95. The molecule has 1 N–H and O–H groups in total. The Kier molecular flexibility index (Phi) is 3.56. The summed E-state index contributed by atoms with van der Waals surface area (Å²) in [5, 5.41) is 3.26. The number of hydrogen-bond donors (Lipinski definition) is 1. The molecule has 3 heteroatoms. The number of anilines is 1. The van der Waals surface area contributed by atoms with Crippen molar-refractivity contribution in [2.24, 2.45) is 17.8 Å². The van der Waals surface area contributed by atoms with Crippen LogP contribution in [0.1, 0.15) is 19.8 Å². The summed E-state index contributed by atoms with van der Waals surface area (Å²) in [5.74, 6) is 1.65. The first kappa shape index (κ1) is 12.7. The van der Waals surface area contributed by atoms with Crippen molar-refractivity contribution in [2.45, 2.75) is 19.8 Å². The molecule has 1 saturated heterocycles. The number of nitrogens with zero attached hydrogens (tertiary/aromatic N) is 1. The van der Waals surface area contributed by atoms with Gasteiger partial charge < -0.3 is 10.2 Å². The molecule has 1 aromatic carbocycles. The predicted molar refractivity (Wildman–Crippen MR) is 77.0 cm³/mol. The van der Waals surface area contributed by atoms with Crippen molar-refractivity contribution in [3.63, 3.8) is 0 Å². The number of nitrogens with one attached hydrogen (secondary N) is 1. The molecule has 2 aliphatic rings. The van der Waals surface area contributed by atoms with Crippen molar-refractivity contribution in [2.75, 3.05) is 24.5 Å². The molecule has 1 aliphatic heterocycles. The minimum atomic E-state index is 0.125. The van der Waals surface area contributed by atoms with Crippen molar-refractivity contribution in [1.29, 1.82) is 0 Å². The molecular formula is C16H22N2O. The highest BCUT2D eigenvalue weighted by atomic mass is 16.2. The zero-order chi connectivity index (χ0) is 13.2. The minimum absolute atomic E-state index is 0.125. The second-order valence-corrected chi connectivity index (χ2v) is 5.93. The summed E-state index contributed by atoms with van der Waals surface area (Å²) in [7, 11) is 0. The third kappa shape index (κ3) is 2.81. The molecule has 1 aliphatic carbocycles. The maximum absolute atomic E-state index is 12.7. The Morgan fingerprint density at radius 1 is 1.32 bits per heavy atom. The molecule has 3 nitrogen and oxygen atoms in total. The van der Waals surface area contributed by atoms with Crippen LogP contribution in [0.15, 0.2) is 30.3 Å². The Morgan fingerprint density at radius 2 is 2.00 bits per heavy atom. The van der Waals surface area contributed by atoms with Crippen LogP contribution in [0.4, 0.5) is 5.69 Å². The van der Waals surface area contributed by atoms with Crippen LogP contribution in [0.25, 0.3) is 0 Å². The van der Waals surface area contributed by atoms with E-state index in [-0.39, 0.29) is 5.92 Å². The maximum atomic E-state index is 12.7. The smallest absolute Gasteiger partial charge is 0.230 e. The first-order chi connectivity index (χ1) is 9.25. The van der Waals surface area contributed by atoms with E-state index in [1.54, 1.807) is 0 Å². The van der Waals surface area contributed by atoms with E-state index in [0.29, 0.717) is 11.8 Å². The van der Waals surface area contributed by atoms with Crippen LogP contribution in [0.5, 0.6) is 0 Å². The lowest BCUT2D eigenvalue weighted by atomic mass is 9.87. The fourth-order valence-corrected chi connectivity index (χ4v) is 2.60. The molecule has 19 heavy (non-hydrogen) atoms. The normalized spacial score (nSPS) is 20.7. The number of para-hydroxylation sites is 1. The van der Waals surface area contributed by atoms with Gasteiger partial charge in [0.1, 0.15) is 0 Å². The van der Waals surface area contributed by atoms with Crippen LogP contribution in [0.3, 0.4) is 0 Å². The lowest BCUT2D eigenvalue weighted by Gasteiger charge is -2.35. The highest BCUT2D eigenvalue weighted by Gasteiger charge is 2.34. The van der Waals surface area contributed by atoms with E-state index in [1.807, 2.05) is 35.2 Å².